The van der Waals surface area contributed by atoms with Gasteiger partial charge in [0.25, 0.3) is 0 Å². The number of nitrogens with one attached hydrogen (secondary N) is 2. The average molecular weight is 399 g/mol. The van der Waals surface area contributed by atoms with E-state index in [2.05, 4.69) is 20.5 Å². The Morgan fingerprint density at radius 2 is 2.17 bits per heavy atom. The van der Waals surface area contributed by atoms with Crippen molar-refractivity contribution in [3.63, 3.8) is 0 Å². The molecule has 29 heavy (non-hydrogen) atoms. The standard InChI is InChI=1S/C22H30N4O3/c1-28-19-8-6-17(7-9-19)22-25-18(15-29-22)14-26-11-3-4-16(13-26)12-24-21(27)20-5-2-10-23-20/h6-9,15-16,20,23H,2-5,10-14H2,1H3,(H,24,27). The van der Waals surface area contributed by atoms with E-state index in [4.69, 9.17) is 9.15 Å². The van der Waals surface area contributed by atoms with Gasteiger partial charge in [0.2, 0.25) is 11.8 Å². The fourth-order valence-corrected chi connectivity index (χ4v) is 4.21. The highest BCUT2D eigenvalue weighted by molar-refractivity contribution is 5.81. The molecule has 0 saturated carbocycles. The Balaban J connectivity index is 1.28. The molecule has 2 unspecified atom stereocenters. The molecule has 4 rings (SSSR count). The molecule has 0 bridgehead atoms. The lowest BCUT2D eigenvalue weighted by Gasteiger charge is -2.32. The highest BCUT2D eigenvalue weighted by atomic mass is 16.5. The zero-order valence-corrected chi connectivity index (χ0v) is 17.0. The SMILES string of the molecule is COc1ccc(-c2nc(CN3CCCC(CNC(=O)C4CCCN4)C3)co2)cc1. The van der Waals surface area contributed by atoms with Crippen molar-refractivity contribution in [2.45, 2.75) is 38.3 Å². The Labute approximate surface area is 171 Å². The molecule has 7 heteroatoms. The molecule has 2 atom stereocenters. The van der Waals surface area contributed by atoms with Crippen LogP contribution in [0.15, 0.2) is 34.9 Å². The maximum absolute atomic E-state index is 12.2. The van der Waals surface area contributed by atoms with E-state index in [0.29, 0.717) is 11.8 Å². The molecule has 2 saturated heterocycles. The molecule has 0 aliphatic carbocycles. The molecule has 2 aliphatic heterocycles. The minimum absolute atomic E-state index is 0.00111. The summed E-state index contributed by atoms with van der Waals surface area (Å²) in [5, 5.41) is 6.40. The zero-order chi connectivity index (χ0) is 20.1. The summed E-state index contributed by atoms with van der Waals surface area (Å²) in [6.07, 6.45) is 6.09. The van der Waals surface area contributed by atoms with Gasteiger partial charge in [0.1, 0.15) is 12.0 Å². The van der Waals surface area contributed by atoms with Gasteiger partial charge in [0.05, 0.1) is 18.8 Å². The Bertz CT molecular complexity index is 799. The first-order chi connectivity index (χ1) is 14.2. The summed E-state index contributed by atoms with van der Waals surface area (Å²) in [5.41, 5.74) is 1.88. The second kappa shape index (κ2) is 9.41. The minimum Gasteiger partial charge on any atom is -0.497 e. The summed E-state index contributed by atoms with van der Waals surface area (Å²) in [5.74, 6) is 2.09. The van der Waals surface area contributed by atoms with E-state index in [1.807, 2.05) is 24.3 Å². The van der Waals surface area contributed by atoms with Gasteiger partial charge in [0.15, 0.2) is 0 Å². The summed E-state index contributed by atoms with van der Waals surface area (Å²) in [7, 11) is 1.65. The van der Waals surface area contributed by atoms with Crippen LogP contribution >= 0.6 is 0 Å². The van der Waals surface area contributed by atoms with Gasteiger partial charge in [-0.05, 0) is 69.0 Å². The number of carbonyl (C=O) groups is 1. The molecule has 0 spiro atoms. The molecule has 7 nitrogen and oxygen atoms in total. The third-order valence-corrected chi connectivity index (χ3v) is 5.82. The van der Waals surface area contributed by atoms with Crippen molar-refractivity contribution in [3.8, 4) is 17.2 Å². The number of rotatable bonds is 7. The molecule has 0 radical (unpaired) electrons. The quantitative estimate of drug-likeness (QED) is 0.746. The first kappa shape index (κ1) is 19.9. The van der Waals surface area contributed by atoms with Crippen molar-refractivity contribution in [3.05, 3.63) is 36.2 Å². The summed E-state index contributed by atoms with van der Waals surface area (Å²) in [6.45, 7) is 4.51. The topological polar surface area (TPSA) is 79.6 Å². The molecule has 2 fully saturated rings. The number of aromatic nitrogens is 1. The monoisotopic (exact) mass is 398 g/mol. The molecule has 3 heterocycles. The second-order valence-corrected chi connectivity index (χ2v) is 8.01. The maximum atomic E-state index is 12.2. The summed E-state index contributed by atoms with van der Waals surface area (Å²) >= 11 is 0. The number of benzene rings is 1. The lowest BCUT2D eigenvalue weighted by atomic mass is 9.97. The van der Waals surface area contributed by atoms with Crippen molar-refractivity contribution in [1.82, 2.24) is 20.5 Å². The van der Waals surface area contributed by atoms with Crippen molar-refractivity contribution in [1.29, 1.82) is 0 Å². The van der Waals surface area contributed by atoms with Crippen molar-refractivity contribution in [2.75, 3.05) is 33.3 Å². The predicted molar refractivity (Wildman–Crippen MR) is 111 cm³/mol. The fraction of sp³-hybridized carbons (Fsp3) is 0.545. The molecule has 1 aromatic carbocycles. The van der Waals surface area contributed by atoms with Crippen LogP contribution in [0.25, 0.3) is 11.5 Å². The Morgan fingerprint density at radius 1 is 1.31 bits per heavy atom. The molecule has 156 valence electrons. The number of hydrogen-bond donors (Lipinski definition) is 2. The van der Waals surface area contributed by atoms with Crippen LogP contribution < -0.4 is 15.4 Å². The number of ether oxygens (including phenoxy) is 1. The van der Waals surface area contributed by atoms with Gasteiger partial charge in [-0.25, -0.2) is 4.98 Å². The van der Waals surface area contributed by atoms with Gasteiger partial charge in [-0.1, -0.05) is 0 Å². The van der Waals surface area contributed by atoms with E-state index in [1.165, 1.54) is 0 Å². The number of likely N-dealkylation sites (tertiary alicyclic amines) is 1. The number of carbonyl (C=O) groups excluding carboxylic acids is 1. The van der Waals surface area contributed by atoms with Gasteiger partial charge in [-0.15, -0.1) is 0 Å². The van der Waals surface area contributed by atoms with Crippen molar-refractivity contribution < 1.29 is 13.9 Å². The Hall–Kier alpha value is -2.38. The molecular weight excluding hydrogens is 368 g/mol. The molecular formula is C22H30N4O3. The van der Waals surface area contributed by atoms with Crippen LogP contribution in [-0.2, 0) is 11.3 Å². The zero-order valence-electron chi connectivity index (χ0n) is 17.0. The Morgan fingerprint density at radius 3 is 2.93 bits per heavy atom. The van der Waals surface area contributed by atoms with Gasteiger partial charge in [-0.3, -0.25) is 9.69 Å². The van der Waals surface area contributed by atoms with E-state index in [9.17, 15) is 4.79 Å². The van der Waals surface area contributed by atoms with Crippen LogP contribution in [-0.4, -0.2) is 55.1 Å². The van der Waals surface area contributed by atoms with Crippen LogP contribution in [0.4, 0.5) is 0 Å². The lowest BCUT2D eigenvalue weighted by molar-refractivity contribution is -0.123. The van der Waals surface area contributed by atoms with Crippen LogP contribution in [0.1, 0.15) is 31.4 Å². The summed E-state index contributed by atoms with van der Waals surface area (Å²) in [6, 6.07) is 7.72. The fourth-order valence-electron chi connectivity index (χ4n) is 4.21. The first-order valence-electron chi connectivity index (χ1n) is 10.5. The third-order valence-electron chi connectivity index (χ3n) is 5.82. The summed E-state index contributed by atoms with van der Waals surface area (Å²) in [4.78, 5) is 19.3. The van der Waals surface area contributed by atoms with E-state index in [1.54, 1.807) is 13.4 Å². The largest absolute Gasteiger partial charge is 0.497 e. The van der Waals surface area contributed by atoms with Crippen LogP contribution in [0.3, 0.4) is 0 Å². The number of amides is 1. The summed E-state index contributed by atoms with van der Waals surface area (Å²) < 4.78 is 10.9. The molecule has 1 amide bonds. The minimum atomic E-state index is 0.00111. The average Bonchev–Trinajstić information content (AvgIpc) is 3.45. The number of nitrogens with zero attached hydrogens (tertiary/aromatic N) is 2. The van der Waals surface area contributed by atoms with Crippen LogP contribution in [0.5, 0.6) is 5.75 Å². The third kappa shape index (κ3) is 5.16. The molecule has 2 aromatic rings. The highest BCUT2D eigenvalue weighted by Gasteiger charge is 2.25. The van der Waals surface area contributed by atoms with Crippen molar-refractivity contribution >= 4 is 5.91 Å². The molecule has 1 aromatic heterocycles. The van der Waals surface area contributed by atoms with Gasteiger partial charge in [-0.2, -0.15) is 0 Å². The van der Waals surface area contributed by atoms with E-state index in [0.717, 1.165) is 75.4 Å². The maximum Gasteiger partial charge on any atom is 0.237 e. The molecule has 2 aliphatic rings. The molecule has 2 N–H and O–H groups in total. The van der Waals surface area contributed by atoms with Gasteiger partial charge < -0.3 is 19.8 Å². The number of piperidine rings is 1. The lowest BCUT2D eigenvalue weighted by Crippen LogP contribution is -2.45. The van der Waals surface area contributed by atoms with E-state index < -0.39 is 0 Å². The van der Waals surface area contributed by atoms with E-state index >= 15 is 0 Å². The van der Waals surface area contributed by atoms with Gasteiger partial charge in [0, 0.05) is 25.2 Å². The number of oxazole rings is 1. The van der Waals surface area contributed by atoms with Crippen molar-refractivity contribution in [2.24, 2.45) is 5.92 Å². The second-order valence-electron chi connectivity index (χ2n) is 8.01. The van der Waals surface area contributed by atoms with Gasteiger partial charge >= 0.3 is 0 Å². The number of hydrogen-bond acceptors (Lipinski definition) is 6. The number of methoxy groups -OCH3 is 1. The normalized spacial score (nSPS) is 22.5. The first-order valence-corrected chi connectivity index (χ1v) is 10.5. The van der Waals surface area contributed by atoms with Crippen LogP contribution in [0, 0.1) is 5.92 Å². The Kier molecular flexibility index (Phi) is 6.46. The van der Waals surface area contributed by atoms with E-state index in [-0.39, 0.29) is 11.9 Å². The van der Waals surface area contributed by atoms with Crippen LogP contribution in [0.2, 0.25) is 0 Å². The smallest absolute Gasteiger partial charge is 0.237 e. The highest BCUT2D eigenvalue weighted by Crippen LogP contribution is 2.23. The predicted octanol–water partition coefficient (Wildman–Crippen LogP) is 2.43.